The SMILES string of the molecule is CC(C#CC1=C(C)C(=O)CCC1(C)C)=CCc1ccccc1P. The van der Waals surface area contributed by atoms with Crippen LogP contribution in [0.1, 0.15) is 46.1 Å². The number of hydrogen-bond donors (Lipinski definition) is 0. The van der Waals surface area contributed by atoms with Gasteiger partial charge in [-0.1, -0.05) is 56.0 Å². The summed E-state index contributed by atoms with van der Waals surface area (Å²) < 4.78 is 0. The summed E-state index contributed by atoms with van der Waals surface area (Å²) in [5.74, 6) is 6.76. The molecule has 1 unspecified atom stereocenters. The third-order valence-corrected chi connectivity index (χ3v) is 5.08. The van der Waals surface area contributed by atoms with Gasteiger partial charge in [-0.25, -0.2) is 0 Å². The number of allylic oxidation sites excluding steroid dienone is 4. The maximum atomic E-state index is 11.9. The molecule has 1 aliphatic rings. The van der Waals surface area contributed by atoms with E-state index in [0.717, 1.165) is 29.6 Å². The fourth-order valence-electron chi connectivity index (χ4n) is 2.84. The quantitative estimate of drug-likeness (QED) is 0.583. The molecule has 0 amide bonds. The first-order valence-corrected chi connectivity index (χ1v) is 8.66. The van der Waals surface area contributed by atoms with Crippen molar-refractivity contribution in [1.82, 2.24) is 0 Å². The minimum absolute atomic E-state index is 0.00205. The summed E-state index contributed by atoms with van der Waals surface area (Å²) in [4.78, 5) is 11.9. The first-order valence-electron chi connectivity index (χ1n) is 8.08. The van der Waals surface area contributed by atoms with E-state index >= 15 is 0 Å². The maximum Gasteiger partial charge on any atom is 0.159 e. The molecular formula is C21H25OP. The predicted molar refractivity (Wildman–Crippen MR) is 102 cm³/mol. The fraction of sp³-hybridized carbons (Fsp3) is 0.381. The maximum absolute atomic E-state index is 11.9. The van der Waals surface area contributed by atoms with Gasteiger partial charge in [0.05, 0.1) is 0 Å². The number of ketones is 1. The Labute approximate surface area is 142 Å². The Balaban J connectivity index is 2.20. The van der Waals surface area contributed by atoms with E-state index in [2.05, 4.69) is 59.2 Å². The van der Waals surface area contributed by atoms with Gasteiger partial charge >= 0.3 is 0 Å². The molecule has 0 spiro atoms. The summed E-state index contributed by atoms with van der Waals surface area (Å²) in [6, 6.07) is 8.33. The Morgan fingerprint density at radius 3 is 2.74 bits per heavy atom. The van der Waals surface area contributed by atoms with Crippen molar-refractivity contribution in [3.05, 3.63) is 52.6 Å². The second kappa shape index (κ2) is 7.29. The van der Waals surface area contributed by atoms with Gasteiger partial charge in [0.15, 0.2) is 5.78 Å². The van der Waals surface area contributed by atoms with Gasteiger partial charge in [0, 0.05) is 17.6 Å². The summed E-state index contributed by atoms with van der Waals surface area (Å²) in [6.07, 6.45) is 4.56. The molecule has 2 rings (SSSR count). The zero-order valence-corrected chi connectivity index (χ0v) is 15.6. The third kappa shape index (κ3) is 4.43. The molecular weight excluding hydrogens is 299 g/mol. The summed E-state index contributed by atoms with van der Waals surface area (Å²) in [5.41, 5.74) is 4.19. The number of hydrogen-bond acceptors (Lipinski definition) is 1. The van der Waals surface area contributed by atoms with Crippen LogP contribution in [0.4, 0.5) is 0 Å². The van der Waals surface area contributed by atoms with Gasteiger partial charge in [-0.05, 0) is 48.5 Å². The lowest BCUT2D eigenvalue weighted by atomic mass is 9.72. The van der Waals surface area contributed by atoms with E-state index in [9.17, 15) is 4.79 Å². The number of benzene rings is 1. The first-order chi connectivity index (χ1) is 10.8. The molecule has 23 heavy (non-hydrogen) atoms. The van der Waals surface area contributed by atoms with Gasteiger partial charge in [-0.3, -0.25) is 4.79 Å². The Hall–Kier alpha value is -1.64. The molecule has 0 radical (unpaired) electrons. The van der Waals surface area contributed by atoms with Gasteiger partial charge in [0.25, 0.3) is 0 Å². The van der Waals surface area contributed by atoms with Crippen LogP contribution in [0.5, 0.6) is 0 Å². The van der Waals surface area contributed by atoms with Crippen LogP contribution in [0, 0.1) is 17.3 Å². The lowest BCUT2D eigenvalue weighted by Gasteiger charge is -2.30. The van der Waals surface area contributed by atoms with Gasteiger partial charge in [-0.2, -0.15) is 0 Å². The highest BCUT2D eigenvalue weighted by molar-refractivity contribution is 7.27. The van der Waals surface area contributed by atoms with Crippen LogP contribution in [0.2, 0.25) is 0 Å². The van der Waals surface area contributed by atoms with Crippen molar-refractivity contribution >= 4 is 20.3 Å². The average Bonchev–Trinajstić information content (AvgIpc) is 2.50. The second-order valence-corrected chi connectivity index (χ2v) is 7.47. The van der Waals surface area contributed by atoms with E-state index in [0.29, 0.717) is 6.42 Å². The normalized spacial score (nSPS) is 17.8. The smallest absolute Gasteiger partial charge is 0.159 e. The molecule has 0 saturated carbocycles. The number of carbonyl (C=O) groups excluding carboxylic acids is 1. The molecule has 0 saturated heterocycles. The van der Waals surface area contributed by atoms with E-state index in [4.69, 9.17) is 0 Å². The second-order valence-electron chi connectivity index (χ2n) is 6.85. The zero-order chi connectivity index (χ0) is 17.0. The summed E-state index contributed by atoms with van der Waals surface area (Å²) in [6.45, 7) is 8.30. The van der Waals surface area contributed by atoms with Crippen molar-refractivity contribution in [1.29, 1.82) is 0 Å². The van der Waals surface area contributed by atoms with Crippen LogP contribution in [-0.2, 0) is 11.2 Å². The van der Waals surface area contributed by atoms with Crippen LogP contribution in [0.25, 0.3) is 0 Å². The Kier molecular flexibility index (Phi) is 5.61. The van der Waals surface area contributed by atoms with Crippen LogP contribution in [0.3, 0.4) is 0 Å². The van der Waals surface area contributed by atoms with Crippen molar-refractivity contribution in [2.75, 3.05) is 0 Å². The molecule has 1 nitrogen and oxygen atoms in total. The van der Waals surface area contributed by atoms with E-state index in [-0.39, 0.29) is 11.2 Å². The van der Waals surface area contributed by atoms with Gasteiger partial charge in [0.1, 0.15) is 0 Å². The van der Waals surface area contributed by atoms with Crippen LogP contribution >= 0.6 is 9.24 Å². The number of Topliss-reactive ketones (excluding diaryl/α,β-unsaturated/α-hetero) is 1. The van der Waals surface area contributed by atoms with Crippen molar-refractivity contribution < 1.29 is 4.79 Å². The van der Waals surface area contributed by atoms with E-state index < -0.39 is 0 Å². The van der Waals surface area contributed by atoms with Crippen molar-refractivity contribution in [3.8, 4) is 11.8 Å². The van der Waals surface area contributed by atoms with E-state index in [1.54, 1.807) is 0 Å². The number of rotatable bonds is 2. The minimum Gasteiger partial charge on any atom is -0.295 e. The molecule has 0 aliphatic heterocycles. The molecule has 1 aromatic rings. The minimum atomic E-state index is -0.00205. The van der Waals surface area contributed by atoms with Crippen LogP contribution < -0.4 is 5.30 Å². The Morgan fingerprint density at radius 1 is 1.35 bits per heavy atom. The van der Waals surface area contributed by atoms with Crippen molar-refractivity contribution in [2.45, 2.75) is 47.0 Å². The van der Waals surface area contributed by atoms with Crippen LogP contribution in [0.15, 0.2) is 47.1 Å². The lowest BCUT2D eigenvalue weighted by molar-refractivity contribution is -0.116. The van der Waals surface area contributed by atoms with Crippen LogP contribution in [-0.4, -0.2) is 5.78 Å². The van der Waals surface area contributed by atoms with Gasteiger partial charge < -0.3 is 0 Å². The molecule has 1 atom stereocenters. The van der Waals surface area contributed by atoms with E-state index in [1.807, 2.05) is 19.9 Å². The third-order valence-electron chi connectivity index (χ3n) is 4.52. The highest BCUT2D eigenvalue weighted by atomic mass is 31.0. The molecule has 0 fully saturated rings. The lowest BCUT2D eigenvalue weighted by Crippen LogP contribution is -2.24. The molecule has 1 aromatic carbocycles. The molecule has 0 bridgehead atoms. The molecule has 120 valence electrons. The average molecular weight is 324 g/mol. The largest absolute Gasteiger partial charge is 0.295 e. The van der Waals surface area contributed by atoms with Crippen molar-refractivity contribution in [3.63, 3.8) is 0 Å². The van der Waals surface area contributed by atoms with Crippen molar-refractivity contribution in [2.24, 2.45) is 5.41 Å². The van der Waals surface area contributed by atoms with Gasteiger partial charge in [-0.15, -0.1) is 9.24 Å². The molecule has 0 aromatic heterocycles. The predicted octanol–water partition coefficient (Wildman–Crippen LogP) is 4.38. The Morgan fingerprint density at radius 2 is 2.04 bits per heavy atom. The summed E-state index contributed by atoms with van der Waals surface area (Å²) in [5, 5.41) is 1.22. The monoisotopic (exact) mass is 324 g/mol. The summed E-state index contributed by atoms with van der Waals surface area (Å²) in [7, 11) is 2.77. The van der Waals surface area contributed by atoms with Gasteiger partial charge in [0.2, 0.25) is 0 Å². The Bertz CT molecular complexity index is 739. The molecule has 2 heteroatoms. The molecule has 1 aliphatic carbocycles. The standard InChI is InChI=1S/C21H25OP/c1-15(9-11-17-7-5-6-8-20(17)23)10-12-18-16(2)19(22)13-14-21(18,3)4/h5-9H,11,13-14,23H2,1-4H3. The van der Waals surface area contributed by atoms with E-state index in [1.165, 1.54) is 10.9 Å². The zero-order valence-electron chi connectivity index (χ0n) is 14.5. The molecule has 0 heterocycles. The topological polar surface area (TPSA) is 17.1 Å². The highest BCUT2D eigenvalue weighted by Crippen LogP contribution is 2.38. The first kappa shape index (κ1) is 17.7. The fourth-order valence-corrected chi connectivity index (χ4v) is 3.17. The number of carbonyl (C=O) groups is 1. The molecule has 0 N–H and O–H groups in total. The summed E-state index contributed by atoms with van der Waals surface area (Å²) >= 11 is 0. The highest BCUT2D eigenvalue weighted by Gasteiger charge is 2.31.